The van der Waals surface area contributed by atoms with Crippen LogP contribution in [0, 0.1) is 39.7 Å². The molecular formula is C23H16F3N3O5. The Morgan fingerprint density at radius 2 is 1.71 bits per heavy atom. The molecule has 6 rings (SSSR count). The predicted molar refractivity (Wildman–Crippen MR) is 111 cm³/mol. The number of nitro benzene ring substituents is 1. The maximum atomic E-state index is 13.4. The molecule has 6 atom stereocenters. The summed E-state index contributed by atoms with van der Waals surface area (Å²) < 4.78 is 39.6. The van der Waals surface area contributed by atoms with Gasteiger partial charge in [0.2, 0.25) is 11.8 Å². The number of amides is 2. The third-order valence-electron chi connectivity index (χ3n) is 7.47. The van der Waals surface area contributed by atoms with Crippen molar-refractivity contribution in [3.63, 3.8) is 0 Å². The van der Waals surface area contributed by atoms with E-state index >= 15 is 0 Å². The molecule has 8 nitrogen and oxygen atoms in total. The topological polar surface area (TPSA) is 102 Å². The van der Waals surface area contributed by atoms with Crippen LogP contribution in [0.1, 0.15) is 17.5 Å². The number of imide groups is 1. The lowest BCUT2D eigenvalue weighted by Gasteiger charge is -2.29. The number of non-ortho nitro benzene ring substituents is 1. The normalized spacial score (nSPS) is 31.4. The zero-order valence-corrected chi connectivity index (χ0v) is 17.3. The van der Waals surface area contributed by atoms with Gasteiger partial charge in [-0.1, -0.05) is 23.4 Å². The van der Waals surface area contributed by atoms with Gasteiger partial charge in [-0.2, -0.15) is 13.2 Å². The van der Waals surface area contributed by atoms with Crippen LogP contribution in [-0.2, 0) is 20.6 Å². The molecule has 2 aromatic carbocycles. The van der Waals surface area contributed by atoms with Crippen molar-refractivity contribution in [1.82, 2.24) is 0 Å². The fourth-order valence-corrected chi connectivity index (χ4v) is 6.22. The molecule has 2 amide bonds. The molecule has 0 unspecified atom stereocenters. The zero-order chi connectivity index (χ0) is 23.9. The van der Waals surface area contributed by atoms with Crippen molar-refractivity contribution >= 4 is 28.9 Å². The minimum atomic E-state index is -4.61. The summed E-state index contributed by atoms with van der Waals surface area (Å²) in [6, 6.07) is 10.2. The summed E-state index contributed by atoms with van der Waals surface area (Å²) in [4.78, 5) is 43.8. The Kier molecular flexibility index (Phi) is 4.21. The number of hydrogen-bond acceptors (Lipinski definition) is 6. The summed E-state index contributed by atoms with van der Waals surface area (Å²) in [5.41, 5.74) is -0.134. The van der Waals surface area contributed by atoms with Crippen molar-refractivity contribution in [2.45, 2.75) is 18.7 Å². The highest BCUT2D eigenvalue weighted by Crippen LogP contribution is 2.62. The van der Waals surface area contributed by atoms with Crippen molar-refractivity contribution in [2.24, 2.45) is 34.7 Å². The lowest BCUT2D eigenvalue weighted by Crippen LogP contribution is -2.41. The number of nitrogens with zero attached hydrogens (tertiary/aromatic N) is 3. The number of carbonyl (C=O) groups is 2. The van der Waals surface area contributed by atoms with Crippen LogP contribution in [0.3, 0.4) is 0 Å². The third-order valence-corrected chi connectivity index (χ3v) is 7.47. The first-order valence-corrected chi connectivity index (χ1v) is 10.7. The number of oxime groups is 1. The largest absolute Gasteiger partial charge is 0.416 e. The number of rotatable bonds is 3. The third kappa shape index (κ3) is 2.75. The number of carbonyl (C=O) groups excluding carboxylic acids is 2. The molecule has 3 fully saturated rings. The number of hydrogen-bond donors (Lipinski definition) is 0. The fourth-order valence-electron chi connectivity index (χ4n) is 6.22. The quantitative estimate of drug-likeness (QED) is 0.385. The number of fused-ring (bicyclic) bond motifs is 8. The average molecular weight is 471 g/mol. The summed E-state index contributed by atoms with van der Waals surface area (Å²) in [7, 11) is 0. The second kappa shape index (κ2) is 6.87. The van der Waals surface area contributed by atoms with E-state index in [-0.39, 0.29) is 29.1 Å². The molecule has 11 heteroatoms. The standard InChI is InChI=1S/C23H16F3N3O5/c24-23(25,26)11-4-2-5-12(8-11)28-21(30)16-14-9-15(17(16)22(28)31)20-18(14)19(27-34-20)10-3-1-6-13(7-10)29(32)33/h1-8,14-18,20H,9H2/t14-,15-,16-,17-,18+,20+/m1/s1. The highest BCUT2D eigenvalue weighted by molar-refractivity contribution is 6.23. The summed E-state index contributed by atoms with van der Waals surface area (Å²) in [5, 5.41) is 15.3. The first-order valence-electron chi connectivity index (χ1n) is 10.7. The molecule has 2 saturated carbocycles. The van der Waals surface area contributed by atoms with Crippen LogP contribution in [0.5, 0.6) is 0 Å². The van der Waals surface area contributed by atoms with E-state index in [0.717, 1.165) is 17.0 Å². The van der Waals surface area contributed by atoms with Gasteiger partial charge in [0.15, 0.2) is 0 Å². The van der Waals surface area contributed by atoms with Crippen molar-refractivity contribution in [1.29, 1.82) is 0 Å². The number of halogens is 3. The Bertz CT molecular complexity index is 1290. The molecule has 0 radical (unpaired) electrons. The lowest BCUT2D eigenvalue weighted by atomic mass is 9.71. The molecule has 2 heterocycles. The second-order valence-electron chi connectivity index (χ2n) is 9.05. The van der Waals surface area contributed by atoms with Gasteiger partial charge < -0.3 is 4.84 Å². The Hall–Kier alpha value is -3.76. The van der Waals surface area contributed by atoms with E-state index in [1.807, 2.05) is 0 Å². The van der Waals surface area contributed by atoms with E-state index < -0.39 is 46.4 Å². The Morgan fingerprint density at radius 1 is 1.00 bits per heavy atom. The molecular weight excluding hydrogens is 455 g/mol. The molecule has 1 saturated heterocycles. The smallest absolute Gasteiger partial charge is 0.391 e. The molecule has 4 aliphatic rings. The first kappa shape index (κ1) is 20.8. The highest BCUT2D eigenvalue weighted by atomic mass is 19.4. The first-order chi connectivity index (χ1) is 16.2. The fraction of sp³-hybridized carbons (Fsp3) is 0.348. The van der Waals surface area contributed by atoms with Gasteiger partial charge in [0, 0.05) is 29.5 Å². The van der Waals surface area contributed by atoms with Crippen molar-refractivity contribution in [3.05, 3.63) is 69.8 Å². The molecule has 2 aliphatic heterocycles. The lowest BCUT2D eigenvalue weighted by molar-refractivity contribution is -0.384. The van der Waals surface area contributed by atoms with Gasteiger partial charge >= 0.3 is 6.18 Å². The van der Waals surface area contributed by atoms with Crippen LogP contribution in [0.25, 0.3) is 0 Å². The van der Waals surface area contributed by atoms with Gasteiger partial charge in [0.05, 0.1) is 33.7 Å². The van der Waals surface area contributed by atoms with Gasteiger partial charge in [-0.05, 0) is 30.5 Å². The van der Waals surface area contributed by atoms with E-state index in [9.17, 15) is 32.9 Å². The Morgan fingerprint density at radius 3 is 2.41 bits per heavy atom. The van der Waals surface area contributed by atoms with Crippen LogP contribution in [0.4, 0.5) is 24.5 Å². The van der Waals surface area contributed by atoms with E-state index in [0.29, 0.717) is 17.7 Å². The molecule has 2 aliphatic carbocycles. The van der Waals surface area contributed by atoms with E-state index in [1.54, 1.807) is 12.1 Å². The minimum Gasteiger partial charge on any atom is -0.391 e. The summed E-state index contributed by atoms with van der Waals surface area (Å²) >= 11 is 0. The number of anilines is 1. The molecule has 0 N–H and O–H groups in total. The monoisotopic (exact) mass is 471 g/mol. The molecule has 0 aromatic heterocycles. The van der Waals surface area contributed by atoms with Gasteiger partial charge in [-0.15, -0.1) is 0 Å². The molecule has 174 valence electrons. The minimum absolute atomic E-state index is 0.0997. The van der Waals surface area contributed by atoms with Gasteiger partial charge in [-0.25, -0.2) is 0 Å². The van der Waals surface area contributed by atoms with E-state index in [4.69, 9.17) is 4.84 Å². The van der Waals surface area contributed by atoms with Crippen LogP contribution in [0.15, 0.2) is 53.7 Å². The number of nitro groups is 1. The van der Waals surface area contributed by atoms with Crippen LogP contribution >= 0.6 is 0 Å². The van der Waals surface area contributed by atoms with Crippen LogP contribution < -0.4 is 4.90 Å². The van der Waals surface area contributed by atoms with Crippen molar-refractivity contribution in [3.8, 4) is 0 Å². The average Bonchev–Trinajstić information content (AvgIpc) is 3.53. The molecule has 2 aromatic rings. The van der Waals surface area contributed by atoms with Crippen molar-refractivity contribution < 1.29 is 32.5 Å². The van der Waals surface area contributed by atoms with Crippen LogP contribution in [-0.4, -0.2) is 28.6 Å². The van der Waals surface area contributed by atoms with Crippen LogP contribution in [0.2, 0.25) is 0 Å². The maximum absolute atomic E-state index is 13.4. The Balaban J connectivity index is 1.33. The predicted octanol–water partition coefficient (Wildman–Crippen LogP) is 3.79. The number of benzene rings is 2. The summed E-state index contributed by atoms with van der Waals surface area (Å²) in [5.74, 6) is -3.36. The summed E-state index contributed by atoms with van der Waals surface area (Å²) in [6.07, 6.45) is -4.52. The number of alkyl halides is 3. The molecule has 2 bridgehead atoms. The second-order valence-corrected chi connectivity index (χ2v) is 9.05. The van der Waals surface area contributed by atoms with Gasteiger partial charge in [0.1, 0.15) is 6.10 Å². The molecule has 34 heavy (non-hydrogen) atoms. The zero-order valence-electron chi connectivity index (χ0n) is 17.3. The van der Waals surface area contributed by atoms with Gasteiger partial charge in [-0.3, -0.25) is 24.6 Å². The van der Waals surface area contributed by atoms with E-state index in [2.05, 4.69) is 5.16 Å². The van der Waals surface area contributed by atoms with E-state index in [1.165, 1.54) is 24.3 Å². The Labute approximate surface area is 190 Å². The highest BCUT2D eigenvalue weighted by Gasteiger charge is 2.70. The van der Waals surface area contributed by atoms with Crippen molar-refractivity contribution in [2.75, 3.05) is 4.90 Å². The summed E-state index contributed by atoms with van der Waals surface area (Å²) in [6.45, 7) is 0. The van der Waals surface area contributed by atoms with Gasteiger partial charge in [0.25, 0.3) is 5.69 Å². The SMILES string of the molecule is O=C1[C@@H]2[C@H]3C[C@@H]([C@H]4C(c5cccc([N+](=O)[O-])c5)=NO[C@@H]34)[C@H]2C(=O)N1c1cccc(C(F)(F)F)c1. The maximum Gasteiger partial charge on any atom is 0.416 e. The molecule has 0 spiro atoms.